The number of nitrogens with zero attached hydrogens (tertiary/aromatic N) is 2. The summed E-state index contributed by atoms with van der Waals surface area (Å²) >= 11 is 4.85. The van der Waals surface area contributed by atoms with E-state index in [0.29, 0.717) is 5.69 Å². The van der Waals surface area contributed by atoms with Gasteiger partial charge >= 0.3 is 0 Å². The van der Waals surface area contributed by atoms with E-state index in [-0.39, 0.29) is 12.2 Å². The van der Waals surface area contributed by atoms with Gasteiger partial charge in [0.2, 0.25) is 0 Å². The normalized spacial score (nSPS) is 10.5. The molecule has 0 fully saturated rings. The molecule has 0 N–H and O–H groups in total. The van der Waals surface area contributed by atoms with Gasteiger partial charge in [-0.25, -0.2) is 4.98 Å². The monoisotopic (exact) mass is 358 g/mol. The quantitative estimate of drug-likeness (QED) is 0.649. The number of thiazole rings is 1. The average Bonchev–Trinajstić information content (AvgIpc) is 2.97. The molecule has 3 nitrogen and oxygen atoms in total. The van der Waals surface area contributed by atoms with Crippen LogP contribution in [0.1, 0.15) is 15.5 Å². The Labute approximate surface area is 134 Å². The molecule has 0 amide bonds. The van der Waals surface area contributed by atoms with Gasteiger partial charge in [-0.15, -0.1) is 11.3 Å². The third-order valence-electron chi connectivity index (χ3n) is 2.96. The number of Topliss-reactive ketones (excluding diaryl/α,β-unsaturated/α-hetero) is 1. The molecule has 0 unspecified atom stereocenters. The summed E-state index contributed by atoms with van der Waals surface area (Å²) < 4.78 is 0.717. The van der Waals surface area contributed by atoms with E-state index in [2.05, 4.69) is 25.9 Å². The molecule has 0 spiro atoms. The van der Waals surface area contributed by atoms with Crippen molar-refractivity contribution in [3.63, 3.8) is 0 Å². The minimum absolute atomic E-state index is 0.0311. The lowest BCUT2D eigenvalue weighted by molar-refractivity contribution is 0.0987. The number of hydrogen-bond acceptors (Lipinski definition) is 4. The highest BCUT2D eigenvalue weighted by Crippen LogP contribution is 2.23. The first kappa shape index (κ1) is 14.1. The van der Waals surface area contributed by atoms with E-state index in [1.54, 1.807) is 12.3 Å². The van der Waals surface area contributed by atoms with Gasteiger partial charge < -0.3 is 0 Å². The third-order valence-corrected chi connectivity index (χ3v) is 4.44. The first-order chi connectivity index (χ1) is 10.2. The highest BCUT2D eigenvalue weighted by molar-refractivity contribution is 9.10. The maximum atomic E-state index is 12.3. The molecule has 3 rings (SSSR count). The summed E-state index contributed by atoms with van der Waals surface area (Å²) in [6, 6.07) is 13.6. The van der Waals surface area contributed by atoms with Gasteiger partial charge in [0.25, 0.3) is 0 Å². The van der Waals surface area contributed by atoms with Crippen molar-refractivity contribution in [2.45, 2.75) is 6.42 Å². The summed E-state index contributed by atoms with van der Waals surface area (Å²) in [7, 11) is 0. The lowest BCUT2D eigenvalue weighted by Crippen LogP contribution is -2.06. The van der Waals surface area contributed by atoms with Crippen molar-refractivity contribution >= 4 is 33.0 Å². The second-order valence-electron chi connectivity index (χ2n) is 4.43. The Bertz CT molecular complexity index is 771. The van der Waals surface area contributed by atoms with Gasteiger partial charge in [-0.3, -0.25) is 9.78 Å². The van der Waals surface area contributed by atoms with Crippen molar-refractivity contribution in [2.75, 3.05) is 0 Å². The Morgan fingerprint density at radius 3 is 2.71 bits per heavy atom. The number of halogens is 1. The van der Waals surface area contributed by atoms with Gasteiger partial charge in [0, 0.05) is 21.6 Å². The van der Waals surface area contributed by atoms with Gasteiger partial charge in [-0.05, 0) is 28.1 Å². The molecule has 1 aromatic carbocycles. The fourth-order valence-electron chi connectivity index (χ4n) is 1.95. The van der Waals surface area contributed by atoms with E-state index >= 15 is 0 Å². The second-order valence-corrected chi connectivity index (χ2v) is 6.22. The lowest BCUT2D eigenvalue weighted by Gasteiger charge is -2.00. The topological polar surface area (TPSA) is 42.9 Å². The van der Waals surface area contributed by atoms with E-state index in [0.717, 1.165) is 20.7 Å². The molecule has 5 heteroatoms. The second kappa shape index (κ2) is 6.28. The molecule has 0 saturated heterocycles. The number of carbonyl (C=O) groups excluding carboxylic acids is 1. The molecule has 0 bridgehead atoms. The maximum Gasteiger partial charge on any atom is 0.189 e. The lowest BCUT2D eigenvalue weighted by atomic mass is 10.2. The molecule has 0 aliphatic heterocycles. The van der Waals surface area contributed by atoms with Crippen LogP contribution in [-0.2, 0) is 6.42 Å². The van der Waals surface area contributed by atoms with Crippen molar-refractivity contribution < 1.29 is 4.79 Å². The van der Waals surface area contributed by atoms with Gasteiger partial charge in [0.15, 0.2) is 5.78 Å². The van der Waals surface area contributed by atoms with E-state index in [1.165, 1.54) is 11.3 Å². The molecule has 0 radical (unpaired) electrons. The molecule has 2 aromatic heterocycles. The molecule has 0 aliphatic carbocycles. The summed E-state index contributed by atoms with van der Waals surface area (Å²) in [5.74, 6) is -0.0311. The summed E-state index contributed by atoms with van der Waals surface area (Å²) in [5, 5.41) is 2.78. The van der Waals surface area contributed by atoms with Gasteiger partial charge in [-0.1, -0.05) is 30.3 Å². The van der Waals surface area contributed by atoms with Gasteiger partial charge in [-0.2, -0.15) is 0 Å². The number of rotatable bonds is 4. The van der Waals surface area contributed by atoms with Crippen molar-refractivity contribution in [2.24, 2.45) is 0 Å². The van der Waals surface area contributed by atoms with E-state index < -0.39 is 0 Å². The number of pyridine rings is 1. The molecular formula is C16H11BrN2OS. The smallest absolute Gasteiger partial charge is 0.189 e. The van der Waals surface area contributed by atoms with Crippen LogP contribution >= 0.6 is 27.3 Å². The molecule has 21 heavy (non-hydrogen) atoms. The number of aromatic nitrogens is 2. The summed E-state index contributed by atoms with van der Waals surface area (Å²) in [5.41, 5.74) is 2.42. The first-order valence-corrected chi connectivity index (χ1v) is 8.05. The number of benzene rings is 1. The number of carbonyl (C=O) groups is 1. The fraction of sp³-hybridized carbons (Fsp3) is 0.0625. The van der Waals surface area contributed by atoms with Crippen molar-refractivity contribution in [1.29, 1.82) is 0 Å². The zero-order valence-corrected chi connectivity index (χ0v) is 13.4. The van der Waals surface area contributed by atoms with Crippen LogP contribution in [0.4, 0.5) is 0 Å². The highest BCUT2D eigenvalue weighted by atomic mass is 79.9. The molecule has 104 valence electrons. The standard InChI is InChI=1S/C16H11BrN2OS/c17-12-7-4-8-18-16(12)14(20)9-15-19-13(10-21-15)11-5-2-1-3-6-11/h1-8,10H,9H2. The van der Waals surface area contributed by atoms with Crippen LogP contribution in [-0.4, -0.2) is 15.8 Å². The van der Waals surface area contributed by atoms with Crippen LogP contribution in [0.15, 0.2) is 58.5 Å². The predicted molar refractivity (Wildman–Crippen MR) is 87.5 cm³/mol. The Morgan fingerprint density at radius 2 is 1.95 bits per heavy atom. The number of ketones is 1. The van der Waals surface area contributed by atoms with Crippen LogP contribution in [0.25, 0.3) is 11.3 Å². The Balaban J connectivity index is 1.79. The highest BCUT2D eigenvalue weighted by Gasteiger charge is 2.14. The fourth-order valence-corrected chi connectivity index (χ4v) is 3.22. The zero-order chi connectivity index (χ0) is 14.7. The average molecular weight is 359 g/mol. The van der Waals surface area contributed by atoms with Crippen LogP contribution in [0, 0.1) is 0 Å². The Morgan fingerprint density at radius 1 is 1.14 bits per heavy atom. The predicted octanol–water partition coefficient (Wildman–Crippen LogP) is 4.39. The van der Waals surface area contributed by atoms with E-state index in [9.17, 15) is 4.79 Å². The first-order valence-electron chi connectivity index (χ1n) is 6.37. The molecule has 2 heterocycles. The van der Waals surface area contributed by atoms with Crippen LogP contribution in [0.5, 0.6) is 0 Å². The molecular weight excluding hydrogens is 348 g/mol. The summed E-state index contributed by atoms with van der Waals surface area (Å²) in [6.45, 7) is 0. The maximum absolute atomic E-state index is 12.3. The van der Waals surface area contributed by atoms with Gasteiger partial charge in [0.1, 0.15) is 10.7 Å². The van der Waals surface area contributed by atoms with E-state index in [4.69, 9.17) is 0 Å². The van der Waals surface area contributed by atoms with Crippen molar-refractivity contribution in [3.8, 4) is 11.3 Å². The Hall–Kier alpha value is -1.85. The third kappa shape index (κ3) is 3.25. The minimum Gasteiger partial charge on any atom is -0.292 e. The van der Waals surface area contributed by atoms with Gasteiger partial charge in [0.05, 0.1) is 12.1 Å². The minimum atomic E-state index is -0.0311. The van der Waals surface area contributed by atoms with Crippen LogP contribution < -0.4 is 0 Å². The molecule has 0 atom stereocenters. The molecule has 3 aromatic rings. The summed E-state index contributed by atoms with van der Waals surface area (Å²) in [4.78, 5) is 20.9. The largest absolute Gasteiger partial charge is 0.292 e. The molecule has 0 saturated carbocycles. The Kier molecular flexibility index (Phi) is 4.22. The van der Waals surface area contributed by atoms with Crippen LogP contribution in [0.3, 0.4) is 0 Å². The summed E-state index contributed by atoms with van der Waals surface area (Å²) in [6.07, 6.45) is 1.89. The van der Waals surface area contributed by atoms with Crippen LogP contribution in [0.2, 0.25) is 0 Å². The molecule has 0 aliphatic rings. The zero-order valence-electron chi connectivity index (χ0n) is 11.0. The van der Waals surface area contributed by atoms with Crippen molar-refractivity contribution in [1.82, 2.24) is 9.97 Å². The SMILES string of the molecule is O=C(Cc1nc(-c2ccccc2)cs1)c1ncccc1Br. The van der Waals surface area contributed by atoms with E-state index in [1.807, 2.05) is 41.8 Å². The van der Waals surface area contributed by atoms with Crippen molar-refractivity contribution in [3.05, 3.63) is 69.2 Å². The number of hydrogen-bond donors (Lipinski definition) is 0.